The molecule has 3 aromatic carbocycles. The van der Waals surface area contributed by atoms with E-state index in [4.69, 9.17) is 14.2 Å². The molecule has 142 valence electrons. The van der Waals surface area contributed by atoms with Gasteiger partial charge in [0, 0.05) is 18.7 Å². The van der Waals surface area contributed by atoms with Crippen LogP contribution in [0.5, 0.6) is 23.0 Å². The molecule has 0 bridgehead atoms. The average Bonchev–Trinajstić information content (AvgIpc) is 3.20. The summed E-state index contributed by atoms with van der Waals surface area (Å²) in [5, 5.41) is 0. The summed E-state index contributed by atoms with van der Waals surface area (Å²) in [4.78, 5) is 14.8. The van der Waals surface area contributed by atoms with Crippen molar-refractivity contribution < 1.29 is 19.0 Å². The van der Waals surface area contributed by atoms with E-state index in [1.54, 1.807) is 11.0 Å². The van der Waals surface area contributed by atoms with Crippen molar-refractivity contribution in [2.24, 2.45) is 0 Å². The summed E-state index contributed by atoms with van der Waals surface area (Å²) in [7, 11) is 0. The SMILES string of the molecule is CCN(Cc1ccc2c(c1)OCO2)C(=O)c1cccc(Oc2ccccc2)c1. The molecule has 5 nitrogen and oxygen atoms in total. The summed E-state index contributed by atoms with van der Waals surface area (Å²) in [6.45, 7) is 3.30. The molecule has 1 aliphatic rings. The zero-order valence-corrected chi connectivity index (χ0v) is 15.6. The molecule has 28 heavy (non-hydrogen) atoms. The summed E-state index contributed by atoms with van der Waals surface area (Å²) in [6.07, 6.45) is 0. The van der Waals surface area contributed by atoms with E-state index in [9.17, 15) is 4.79 Å². The Morgan fingerprint density at radius 3 is 2.54 bits per heavy atom. The van der Waals surface area contributed by atoms with Crippen LogP contribution in [-0.4, -0.2) is 24.1 Å². The van der Waals surface area contributed by atoms with Crippen molar-refractivity contribution >= 4 is 5.91 Å². The number of ether oxygens (including phenoxy) is 3. The van der Waals surface area contributed by atoms with E-state index in [-0.39, 0.29) is 12.7 Å². The number of nitrogens with zero attached hydrogens (tertiary/aromatic N) is 1. The number of amides is 1. The summed E-state index contributed by atoms with van der Waals surface area (Å²) >= 11 is 0. The van der Waals surface area contributed by atoms with E-state index in [1.807, 2.05) is 73.7 Å². The molecule has 0 unspecified atom stereocenters. The Hall–Kier alpha value is -3.47. The Morgan fingerprint density at radius 2 is 1.71 bits per heavy atom. The molecule has 1 heterocycles. The van der Waals surface area contributed by atoms with E-state index in [1.165, 1.54) is 0 Å². The zero-order chi connectivity index (χ0) is 19.3. The van der Waals surface area contributed by atoms with Crippen molar-refractivity contribution in [3.8, 4) is 23.0 Å². The Balaban J connectivity index is 1.49. The Morgan fingerprint density at radius 1 is 0.929 bits per heavy atom. The highest BCUT2D eigenvalue weighted by Crippen LogP contribution is 2.33. The second kappa shape index (κ2) is 8.05. The summed E-state index contributed by atoms with van der Waals surface area (Å²) in [5.74, 6) is 2.79. The molecule has 0 radical (unpaired) electrons. The van der Waals surface area contributed by atoms with E-state index in [0.29, 0.717) is 24.4 Å². The topological polar surface area (TPSA) is 48.0 Å². The van der Waals surface area contributed by atoms with Gasteiger partial charge in [-0.05, 0) is 55.0 Å². The third kappa shape index (κ3) is 3.93. The lowest BCUT2D eigenvalue weighted by molar-refractivity contribution is 0.0752. The van der Waals surface area contributed by atoms with Crippen molar-refractivity contribution in [3.05, 3.63) is 83.9 Å². The Bertz CT molecular complexity index is 971. The van der Waals surface area contributed by atoms with Gasteiger partial charge in [-0.2, -0.15) is 0 Å². The van der Waals surface area contributed by atoms with Gasteiger partial charge in [-0.1, -0.05) is 30.3 Å². The zero-order valence-electron chi connectivity index (χ0n) is 15.6. The lowest BCUT2D eigenvalue weighted by Gasteiger charge is -2.21. The van der Waals surface area contributed by atoms with Crippen molar-refractivity contribution in [2.75, 3.05) is 13.3 Å². The van der Waals surface area contributed by atoms with Crippen LogP contribution in [0.3, 0.4) is 0 Å². The number of hydrogen-bond donors (Lipinski definition) is 0. The molecular weight excluding hydrogens is 354 g/mol. The quantitative estimate of drug-likeness (QED) is 0.617. The smallest absolute Gasteiger partial charge is 0.254 e. The number of hydrogen-bond acceptors (Lipinski definition) is 4. The van der Waals surface area contributed by atoms with Crippen molar-refractivity contribution in [2.45, 2.75) is 13.5 Å². The van der Waals surface area contributed by atoms with Crippen LogP contribution in [0.1, 0.15) is 22.8 Å². The normalized spacial score (nSPS) is 11.9. The monoisotopic (exact) mass is 375 g/mol. The first kappa shape index (κ1) is 17.9. The molecule has 0 aliphatic carbocycles. The Labute approximate surface area is 164 Å². The number of para-hydroxylation sites is 1. The third-order valence-corrected chi connectivity index (χ3v) is 4.54. The minimum absolute atomic E-state index is 0.0429. The number of rotatable bonds is 6. The fourth-order valence-corrected chi connectivity index (χ4v) is 3.09. The molecule has 0 spiro atoms. The van der Waals surface area contributed by atoms with Crippen LogP contribution >= 0.6 is 0 Å². The summed E-state index contributed by atoms with van der Waals surface area (Å²) in [6, 6.07) is 22.5. The third-order valence-electron chi connectivity index (χ3n) is 4.54. The van der Waals surface area contributed by atoms with Gasteiger partial charge < -0.3 is 19.1 Å². The highest BCUT2D eigenvalue weighted by atomic mass is 16.7. The van der Waals surface area contributed by atoms with E-state index >= 15 is 0 Å². The molecule has 1 aliphatic heterocycles. The van der Waals surface area contributed by atoms with Gasteiger partial charge in [0.25, 0.3) is 5.91 Å². The minimum atomic E-state index is -0.0429. The lowest BCUT2D eigenvalue weighted by atomic mass is 10.1. The van der Waals surface area contributed by atoms with E-state index in [2.05, 4.69) is 0 Å². The van der Waals surface area contributed by atoms with Crippen molar-refractivity contribution in [1.29, 1.82) is 0 Å². The van der Waals surface area contributed by atoms with Crippen molar-refractivity contribution in [3.63, 3.8) is 0 Å². The predicted octanol–water partition coefficient (Wildman–Crippen LogP) is 4.87. The maximum Gasteiger partial charge on any atom is 0.254 e. The second-order valence-corrected chi connectivity index (χ2v) is 6.45. The maximum absolute atomic E-state index is 13.0. The lowest BCUT2D eigenvalue weighted by Crippen LogP contribution is -2.30. The van der Waals surface area contributed by atoms with Gasteiger partial charge in [0.15, 0.2) is 11.5 Å². The van der Waals surface area contributed by atoms with Gasteiger partial charge in [0.1, 0.15) is 11.5 Å². The molecule has 0 atom stereocenters. The van der Waals surface area contributed by atoms with Crippen LogP contribution in [0.25, 0.3) is 0 Å². The van der Waals surface area contributed by atoms with Crippen LogP contribution in [0.4, 0.5) is 0 Å². The molecule has 3 aromatic rings. The fraction of sp³-hybridized carbons (Fsp3) is 0.174. The number of carbonyl (C=O) groups excluding carboxylic acids is 1. The van der Waals surface area contributed by atoms with E-state index in [0.717, 1.165) is 22.8 Å². The first-order valence-electron chi connectivity index (χ1n) is 9.23. The molecule has 0 saturated carbocycles. The highest BCUT2D eigenvalue weighted by Gasteiger charge is 2.18. The summed E-state index contributed by atoms with van der Waals surface area (Å²) in [5.41, 5.74) is 1.59. The van der Waals surface area contributed by atoms with Gasteiger partial charge in [-0.15, -0.1) is 0 Å². The maximum atomic E-state index is 13.0. The molecule has 0 fully saturated rings. The Kier molecular flexibility index (Phi) is 5.15. The molecule has 4 rings (SSSR count). The standard InChI is InChI=1S/C23H21NO4/c1-2-24(15-17-11-12-21-22(13-17)27-16-26-21)23(25)18-7-6-10-20(14-18)28-19-8-4-3-5-9-19/h3-14H,2,15-16H2,1H3. The van der Waals surface area contributed by atoms with Crippen LogP contribution in [0, 0.1) is 0 Å². The van der Waals surface area contributed by atoms with Gasteiger partial charge in [-0.25, -0.2) is 0 Å². The van der Waals surface area contributed by atoms with Gasteiger partial charge in [-0.3, -0.25) is 4.79 Å². The predicted molar refractivity (Wildman–Crippen MR) is 106 cm³/mol. The number of fused-ring (bicyclic) bond motifs is 1. The fourth-order valence-electron chi connectivity index (χ4n) is 3.09. The van der Waals surface area contributed by atoms with Crippen LogP contribution in [-0.2, 0) is 6.54 Å². The van der Waals surface area contributed by atoms with Gasteiger partial charge >= 0.3 is 0 Å². The van der Waals surface area contributed by atoms with Crippen LogP contribution in [0.15, 0.2) is 72.8 Å². The van der Waals surface area contributed by atoms with Gasteiger partial charge in [0.05, 0.1) is 0 Å². The van der Waals surface area contributed by atoms with Crippen LogP contribution < -0.4 is 14.2 Å². The van der Waals surface area contributed by atoms with Gasteiger partial charge in [0.2, 0.25) is 6.79 Å². The highest BCUT2D eigenvalue weighted by molar-refractivity contribution is 5.94. The first-order chi connectivity index (χ1) is 13.7. The molecule has 0 aromatic heterocycles. The van der Waals surface area contributed by atoms with Crippen LogP contribution in [0.2, 0.25) is 0 Å². The molecule has 0 N–H and O–H groups in total. The minimum Gasteiger partial charge on any atom is -0.457 e. The molecule has 1 amide bonds. The number of carbonyl (C=O) groups is 1. The van der Waals surface area contributed by atoms with Crippen molar-refractivity contribution in [1.82, 2.24) is 4.90 Å². The molecule has 0 saturated heterocycles. The molecular formula is C23H21NO4. The van der Waals surface area contributed by atoms with E-state index < -0.39 is 0 Å². The number of benzene rings is 3. The largest absolute Gasteiger partial charge is 0.457 e. The molecule has 5 heteroatoms. The second-order valence-electron chi connectivity index (χ2n) is 6.45. The first-order valence-corrected chi connectivity index (χ1v) is 9.23. The average molecular weight is 375 g/mol. The summed E-state index contributed by atoms with van der Waals surface area (Å²) < 4.78 is 16.6.